The zero-order valence-corrected chi connectivity index (χ0v) is 14.5. The number of carbonyl (C=O) groups is 1. The van der Waals surface area contributed by atoms with Crippen molar-refractivity contribution in [3.05, 3.63) is 53.1 Å². The monoisotopic (exact) mass is 328 g/mol. The van der Waals surface area contributed by atoms with E-state index >= 15 is 0 Å². The van der Waals surface area contributed by atoms with Crippen LogP contribution in [0.2, 0.25) is 0 Å². The fraction of sp³-hybridized carbons (Fsp3) is 0.474. The number of hydrogen-bond acceptors (Lipinski definition) is 4. The molecule has 0 radical (unpaired) electrons. The van der Waals surface area contributed by atoms with E-state index in [0.29, 0.717) is 0 Å². The number of aryl methyl sites for hydroxylation is 1. The van der Waals surface area contributed by atoms with Crippen LogP contribution in [0.5, 0.6) is 0 Å². The summed E-state index contributed by atoms with van der Waals surface area (Å²) in [7, 11) is 0. The SMILES string of the molecule is Cc1cccc(C(C)c2nccn2COC(=O)OC2CCC2)c1C. The van der Waals surface area contributed by atoms with Crippen molar-refractivity contribution in [3.63, 3.8) is 0 Å². The molecule has 128 valence electrons. The van der Waals surface area contributed by atoms with Crippen molar-refractivity contribution in [2.45, 2.75) is 58.8 Å². The first-order chi connectivity index (χ1) is 11.6. The highest BCUT2D eigenvalue weighted by atomic mass is 16.7. The quantitative estimate of drug-likeness (QED) is 0.767. The molecule has 24 heavy (non-hydrogen) atoms. The normalized spacial score (nSPS) is 15.6. The van der Waals surface area contributed by atoms with Crippen LogP contribution >= 0.6 is 0 Å². The highest BCUT2D eigenvalue weighted by molar-refractivity contribution is 5.60. The van der Waals surface area contributed by atoms with E-state index in [-0.39, 0.29) is 18.8 Å². The maximum atomic E-state index is 11.7. The third-order valence-electron chi connectivity index (χ3n) is 4.88. The minimum absolute atomic E-state index is 0.0358. The van der Waals surface area contributed by atoms with E-state index in [1.807, 2.05) is 10.8 Å². The number of ether oxygens (including phenoxy) is 2. The number of benzene rings is 1. The summed E-state index contributed by atoms with van der Waals surface area (Å²) < 4.78 is 12.3. The smallest absolute Gasteiger partial charge is 0.431 e. The first kappa shape index (κ1) is 16.6. The Kier molecular flexibility index (Phi) is 4.88. The van der Waals surface area contributed by atoms with Crippen molar-refractivity contribution in [3.8, 4) is 0 Å². The Hall–Kier alpha value is -2.30. The van der Waals surface area contributed by atoms with Crippen LogP contribution < -0.4 is 0 Å². The summed E-state index contributed by atoms with van der Waals surface area (Å²) >= 11 is 0. The Morgan fingerprint density at radius 2 is 2.17 bits per heavy atom. The number of hydrogen-bond donors (Lipinski definition) is 0. The zero-order valence-electron chi connectivity index (χ0n) is 14.5. The van der Waals surface area contributed by atoms with Gasteiger partial charge in [0.1, 0.15) is 11.9 Å². The minimum atomic E-state index is -0.598. The molecule has 1 saturated carbocycles. The molecule has 1 aliphatic rings. The average Bonchev–Trinajstić information content (AvgIpc) is 2.99. The van der Waals surface area contributed by atoms with Gasteiger partial charge < -0.3 is 14.0 Å². The summed E-state index contributed by atoms with van der Waals surface area (Å²) in [5.41, 5.74) is 3.77. The lowest BCUT2D eigenvalue weighted by Crippen LogP contribution is -2.26. The molecular weight excluding hydrogens is 304 g/mol. The van der Waals surface area contributed by atoms with Crippen LogP contribution in [0.4, 0.5) is 4.79 Å². The van der Waals surface area contributed by atoms with Crippen molar-refractivity contribution in [2.24, 2.45) is 0 Å². The second kappa shape index (κ2) is 7.07. The molecule has 1 aliphatic carbocycles. The van der Waals surface area contributed by atoms with Crippen molar-refractivity contribution in [1.29, 1.82) is 0 Å². The van der Waals surface area contributed by atoms with E-state index in [4.69, 9.17) is 9.47 Å². The molecule has 1 aromatic heterocycles. The van der Waals surface area contributed by atoms with Gasteiger partial charge in [-0.05, 0) is 49.8 Å². The molecule has 1 atom stereocenters. The van der Waals surface area contributed by atoms with Gasteiger partial charge in [0.05, 0.1) is 0 Å². The van der Waals surface area contributed by atoms with Crippen LogP contribution in [0.25, 0.3) is 0 Å². The van der Waals surface area contributed by atoms with Gasteiger partial charge >= 0.3 is 6.16 Å². The number of imidazole rings is 1. The lowest BCUT2D eigenvalue weighted by molar-refractivity contribution is -0.0172. The van der Waals surface area contributed by atoms with Crippen LogP contribution in [-0.4, -0.2) is 21.8 Å². The molecular formula is C19H24N2O3. The standard InChI is InChI=1S/C19H24N2O3/c1-13-6-4-9-17(14(13)2)15(3)18-20-10-11-21(18)12-23-19(22)24-16-7-5-8-16/h4,6,9-11,15-16H,5,7-8,12H2,1-3H3. The molecule has 0 saturated heterocycles. The number of aromatic nitrogens is 2. The summed E-state index contributed by atoms with van der Waals surface area (Å²) in [4.78, 5) is 16.2. The van der Waals surface area contributed by atoms with Crippen LogP contribution in [0.1, 0.15) is 54.6 Å². The fourth-order valence-corrected chi connectivity index (χ4v) is 2.97. The van der Waals surface area contributed by atoms with E-state index < -0.39 is 6.16 Å². The van der Waals surface area contributed by atoms with Gasteiger partial charge in [0.2, 0.25) is 0 Å². The Labute approximate surface area is 142 Å². The van der Waals surface area contributed by atoms with Gasteiger partial charge in [-0.25, -0.2) is 9.78 Å². The number of carbonyl (C=O) groups excluding carboxylic acids is 1. The van der Waals surface area contributed by atoms with E-state index in [2.05, 4.69) is 44.0 Å². The first-order valence-electron chi connectivity index (χ1n) is 8.47. The van der Waals surface area contributed by atoms with Gasteiger partial charge in [0, 0.05) is 18.3 Å². The second-order valence-corrected chi connectivity index (χ2v) is 6.46. The molecule has 0 bridgehead atoms. The molecule has 1 heterocycles. The molecule has 0 spiro atoms. The predicted octanol–water partition coefficient (Wildman–Crippen LogP) is 4.31. The van der Waals surface area contributed by atoms with Gasteiger partial charge in [0.15, 0.2) is 6.73 Å². The van der Waals surface area contributed by atoms with Crippen LogP contribution in [0, 0.1) is 13.8 Å². The fourth-order valence-electron chi connectivity index (χ4n) is 2.97. The molecule has 0 aliphatic heterocycles. The molecule has 1 fully saturated rings. The first-order valence-corrected chi connectivity index (χ1v) is 8.47. The van der Waals surface area contributed by atoms with E-state index in [0.717, 1.165) is 25.1 Å². The third kappa shape index (κ3) is 3.45. The average molecular weight is 328 g/mol. The summed E-state index contributed by atoms with van der Waals surface area (Å²) in [5, 5.41) is 0. The van der Waals surface area contributed by atoms with Gasteiger partial charge in [-0.2, -0.15) is 0 Å². The maximum absolute atomic E-state index is 11.7. The highest BCUT2D eigenvalue weighted by Crippen LogP contribution is 2.27. The molecule has 1 unspecified atom stereocenters. The molecule has 1 aromatic carbocycles. The second-order valence-electron chi connectivity index (χ2n) is 6.46. The van der Waals surface area contributed by atoms with Gasteiger partial charge in [0.25, 0.3) is 0 Å². The minimum Gasteiger partial charge on any atom is -0.431 e. The van der Waals surface area contributed by atoms with Gasteiger partial charge in [-0.3, -0.25) is 0 Å². The molecule has 0 amide bonds. The van der Waals surface area contributed by atoms with Crippen LogP contribution in [0.3, 0.4) is 0 Å². The summed E-state index contributed by atoms with van der Waals surface area (Å²) in [6.07, 6.45) is 6.00. The lowest BCUT2D eigenvalue weighted by atomic mass is 9.93. The molecule has 2 aromatic rings. The summed E-state index contributed by atoms with van der Waals surface area (Å²) in [6.45, 7) is 6.47. The van der Waals surface area contributed by atoms with E-state index in [9.17, 15) is 4.79 Å². The predicted molar refractivity (Wildman–Crippen MR) is 90.9 cm³/mol. The third-order valence-corrected chi connectivity index (χ3v) is 4.88. The van der Waals surface area contributed by atoms with Crippen LogP contribution in [0.15, 0.2) is 30.6 Å². The van der Waals surface area contributed by atoms with E-state index in [1.54, 1.807) is 6.20 Å². The number of nitrogens with zero attached hydrogens (tertiary/aromatic N) is 2. The Bertz CT molecular complexity index is 719. The van der Waals surface area contributed by atoms with Crippen molar-refractivity contribution < 1.29 is 14.3 Å². The molecule has 5 nitrogen and oxygen atoms in total. The Morgan fingerprint density at radius 1 is 1.38 bits per heavy atom. The van der Waals surface area contributed by atoms with Crippen molar-refractivity contribution >= 4 is 6.16 Å². The van der Waals surface area contributed by atoms with E-state index in [1.165, 1.54) is 16.7 Å². The molecule has 5 heteroatoms. The lowest BCUT2D eigenvalue weighted by Gasteiger charge is -2.24. The summed E-state index contributed by atoms with van der Waals surface area (Å²) in [5.74, 6) is 0.992. The summed E-state index contributed by atoms with van der Waals surface area (Å²) in [6, 6.07) is 6.29. The van der Waals surface area contributed by atoms with Crippen LogP contribution in [-0.2, 0) is 16.2 Å². The topological polar surface area (TPSA) is 53.4 Å². The Balaban J connectivity index is 1.67. The number of rotatable bonds is 5. The van der Waals surface area contributed by atoms with Crippen molar-refractivity contribution in [2.75, 3.05) is 0 Å². The maximum Gasteiger partial charge on any atom is 0.510 e. The van der Waals surface area contributed by atoms with Gasteiger partial charge in [-0.15, -0.1) is 0 Å². The Morgan fingerprint density at radius 3 is 2.88 bits per heavy atom. The highest BCUT2D eigenvalue weighted by Gasteiger charge is 2.23. The largest absolute Gasteiger partial charge is 0.510 e. The zero-order chi connectivity index (χ0) is 17.1. The molecule has 0 N–H and O–H groups in total. The van der Waals surface area contributed by atoms with Crippen molar-refractivity contribution in [1.82, 2.24) is 9.55 Å². The van der Waals surface area contributed by atoms with Gasteiger partial charge in [-0.1, -0.05) is 25.1 Å². The molecule has 3 rings (SSSR count).